The molecule has 4 aromatic heterocycles. The number of carboxylic acid groups (broad SMARTS) is 3. The van der Waals surface area contributed by atoms with Crippen molar-refractivity contribution in [1.82, 2.24) is 39.9 Å². The van der Waals surface area contributed by atoms with Crippen molar-refractivity contribution >= 4 is 27.8 Å². The number of aromatic carboxylic acids is 3. The molecule has 15 heteroatoms. The van der Waals surface area contributed by atoms with Crippen LogP contribution in [-0.4, -0.2) is 57.8 Å². The second-order valence-corrected chi connectivity index (χ2v) is 4.98. The van der Waals surface area contributed by atoms with E-state index in [1.807, 2.05) is 0 Å². The fourth-order valence-corrected chi connectivity index (χ4v) is 1.47. The molecule has 4 aromatic rings. The van der Waals surface area contributed by atoms with Gasteiger partial charge in [0, 0.05) is 49.6 Å². The first-order valence-electron chi connectivity index (χ1n) is 8.57. The summed E-state index contributed by atoms with van der Waals surface area (Å²) >= 11 is 0. The number of aromatic nitrogens is 8. The van der Waals surface area contributed by atoms with Crippen LogP contribution in [0.5, 0.6) is 0 Å². The summed E-state index contributed by atoms with van der Waals surface area (Å²) in [6.45, 7) is 0. The zero-order chi connectivity index (χ0) is 24.3. The molecule has 4 rings (SSSR count). The maximum absolute atomic E-state index is 9.96. The number of rotatable bonds is 3. The molecule has 0 unspecified atom stereocenters. The SMILES string of the molecule is O=C([O-])c1ncccn1.O=C([O-])c1ncccn1.O=C([O-])c1ncccn1.[P+3].c1cncnc1. The van der Waals surface area contributed by atoms with Crippen LogP contribution in [0.2, 0.25) is 0 Å². The molecule has 34 heavy (non-hydrogen) atoms. The van der Waals surface area contributed by atoms with Crippen LogP contribution in [0.25, 0.3) is 0 Å². The molecular weight excluding hydrogens is 467 g/mol. The summed E-state index contributed by atoms with van der Waals surface area (Å²) in [5.74, 6) is -4.89. The van der Waals surface area contributed by atoms with E-state index in [0.717, 1.165) is 0 Å². The predicted molar refractivity (Wildman–Crippen MR) is 108 cm³/mol. The molecule has 2 radical (unpaired) electrons. The number of carbonyl (C=O) groups excluding carboxylic acids is 3. The maximum atomic E-state index is 9.96. The van der Waals surface area contributed by atoms with Gasteiger partial charge >= 0.3 is 9.90 Å². The zero-order valence-corrected chi connectivity index (χ0v) is 17.9. The molecule has 0 amide bonds. The molecule has 0 aliphatic rings. The molecule has 0 aliphatic carbocycles. The number of hydrogen-bond acceptors (Lipinski definition) is 14. The Labute approximate surface area is 195 Å². The van der Waals surface area contributed by atoms with Crippen molar-refractivity contribution in [1.29, 1.82) is 0 Å². The van der Waals surface area contributed by atoms with Gasteiger partial charge in [-0.05, 0) is 24.3 Å². The van der Waals surface area contributed by atoms with Gasteiger partial charge in [0.15, 0.2) is 17.5 Å². The van der Waals surface area contributed by atoms with Crippen molar-refractivity contribution in [2.75, 3.05) is 0 Å². The summed E-state index contributed by atoms with van der Waals surface area (Å²) in [7, 11) is 0. The number of carbonyl (C=O) groups is 3. The average molecular weight is 480 g/mol. The molecule has 0 saturated heterocycles. The first-order valence-corrected chi connectivity index (χ1v) is 8.57. The van der Waals surface area contributed by atoms with Crippen molar-refractivity contribution in [2.24, 2.45) is 0 Å². The van der Waals surface area contributed by atoms with E-state index in [1.54, 1.807) is 18.5 Å². The quantitative estimate of drug-likeness (QED) is 0.285. The van der Waals surface area contributed by atoms with Gasteiger partial charge in [-0.2, -0.15) is 0 Å². The minimum absolute atomic E-state index is 0. The third-order valence-electron chi connectivity index (χ3n) is 2.72. The predicted octanol–water partition coefficient (Wildman–Crippen LogP) is -2.14. The van der Waals surface area contributed by atoms with Crippen LogP contribution >= 0.6 is 9.90 Å². The molecular formula is C19H13N8O6P. The van der Waals surface area contributed by atoms with Crippen molar-refractivity contribution in [3.63, 3.8) is 0 Å². The van der Waals surface area contributed by atoms with E-state index in [0.29, 0.717) is 0 Å². The number of carboxylic acids is 3. The van der Waals surface area contributed by atoms with E-state index in [2.05, 4.69) is 39.9 Å². The Bertz CT molecular complexity index is 952. The van der Waals surface area contributed by atoms with Crippen LogP contribution in [-0.2, 0) is 0 Å². The molecule has 14 nitrogen and oxygen atoms in total. The standard InChI is InChI=1S/3C5H4N2O2.C4H4N2.P/c3*8-5(9)4-6-2-1-3-7-4;1-2-5-4-6-3-1;/h3*1-3H,(H,8,9);1-4H;/q;;;;+3/p-3. The fourth-order valence-electron chi connectivity index (χ4n) is 1.47. The Morgan fingerprint density at radius 3 is 0.824 bits per heavy atom. The van der Waals surface area contributed by atoms with Gasteiger partial charge in [-0.25, -0.2) is 39.9 Å². The van der Waals surface area contributed by atoms with Crippen LogP contribution in [0.15, 0.2) is 80.2 Å². The molecule has 0 aliphatic heterocycles. The Kier molecular flexibility index (Phi) is 15.3. The van der Waals surface area contributed by atoms with Gasteiger partial charge in [-0.15, -0.1) is 0 Å². The van der Waals surface area contributed by atoms with Crippen molar-refractivity contribution < 1.29 is 29.7 Å². The van der Waals surface area contributed by atoms with Crippen molar-refractivity contribution in [3.8, 4) is 0 Å². The summed E-state index contributed by atoms with van der Waals surface area (Å²) in [6.07, 6.45) is 12.9. The van der Waals surface area contributed by atoms with E-state index in [9.17, 15) is 29.7 Å². The molecule has 0 saturated carbocycles. The normalized spacial score (nSPS) is 8.47. The van der Waals surface area contributed by atoms with E-state index in [1.165, 1.54) is 61.7 Å². The Morgan fingerprint density at radius 1 is 0.471 bits per heavy atom. The van der Waals surface area contributed by atoms with Gasteiger partial charge in [0.1, 0.15) is 24.2 Å². The van der Waals surface area contributed by atoms with Gasteiger partial charge in [0.05, 0.1) is 0 Å². The molecule has 0 spiro atoms. The first-order chi connectivity index (χ1) is 15.9. The molecule has 0 atom stereocenters. The summed E-state index contributed by atoms with van der Waals surface area (Å²) in [5.41, 5.74) is 0. The largest absolute Gasteiger partial charge is 3.00 e. The summed E-state index contributed by atoms with van der Waals surface area (Å²) in [4.78, 5) is 57.7. The summed E-state index contributed by atoms with van der Waals surface area (Å²) in [6, 6.07) is 6.38. The smallest absolute Gasteiger partial charge is 0.542 e. The summed E-state index contributed by atoms with van der Waals surface area (Å²) < 4.78 is 0. The second kappa shape index (κ2) is 17.8. The maximum Gasteiger partial charge on any atom is 3.00 e. The minimum Gasteiger partial charge on any atom is -0.542 e. The van der Waals surface area contributed by atoms with E-state index >= 15 is 0 Å². The molecule has 0 bridgehead atoms. The molecule has 4 heterocycles. The molecule has 170 valence electrons. The average Bonchev–Trinajstić information content (AvgIpc) is 2.88. The fraction of sp³-hybridized carbons (Fsp3) is 0. The molecule has 0 N–H and O–H groups in total. The zero-order valence-electron chi connectivity index (χ0n) is 17.0. The minimum atomic E-state index is -1.35. The van der Waals surface area contributed by atoms with Gasteiger partial charge in [-0.1, -0.05) is 0 Å². The topological polar surface area (TPSA) is 224 Å². The van der Waals surface area contributed by atoms with Gasteiger partial charge in [-0.3, -0.25) is 0 Å². The van der Waals surface area contributed by atoms with Crippen LogP contribution in [0, 0.1) is 0 Å². The van der Waals surface area contributed by atoms with Gasteiger partial charge < -0.3 is 29.7 Å². The Morgan fingerprint density at radius 2 is 0.706 bits per heavy atom. The van der Waals surface area contributed by atoms with Crippen molar-refractivity contribution in [3.05, 3.63) is 97.6 Å². The monoisotopic (exact) mass is 480 g/mol. The van der Waals surface area contributed by atoms with Gasteiger partial charge in [0.2, 0.25) is 0 Å². The van der Waals surface area contributed by atoms with E-state index in [-0.39, 0.29) is 27.4 Å². The van der Waals surface area contributed by atoms with E-state index in [4.69, 9.17) is 0 Å². The van der Waals surface area contributed by atoms with Crippen LogP contribution < -0.4 is 15.3 Å². The third kappa shape index (κ3) is 13.5. The first kappa shape index (κ1) is 29.2. The van der Waals surface area contributed by atoms with Crippen LogP contribution in [0.4, 0.5) is 0 Å². The number of hydrogen-bond donors (Lipinski definition) is 0. The van der Waals surface area contributed by atoms with Crippen LogP contribution in [0.1, 0.15) is 31.9 Å². The Balaban J connectivity index is 0.000000427. The summed E-state index contributed by atoms with van der Waals surface area (Å²) in [5, 5.41) is 29.9. The molecule has 0 aromatic carbocycles. The number of nitrogens with zero attached hydrogens (tertiary/aromatic N) is 8. The second-order valence-electron chi connectivity index (χ2n) is 4.98. The van der Waals surface area contributed by atoms with Crippen molar-refractivity contribution in [2.45, 2.75) is 0 Å². The Hall–Kier alpha value is -4.84. The van der Waals surface area contributed by atoms with Crippen LogP contribution in [0.3, 0.4) is 0 Å². The molecule has 0 fully saturated rings. The van der Waals surface area contributed by atoms with Gasteiger partial charge in [0.25, 0.3) is 0 Å². The van der Waals surface area contributed by atoms with E-state index < -0.39 is 17.9 Å². The third-order valence-corrected chi connectivity index (χ3v) is 2.72.